The zero-order valence-electron chi connectivity index (χ0n) is 15.3. The summed E-state index contributed by atoms with van der Waals surface area (Å²) in [6.07, 6.45) is 1.09. The van der Waals surface area contributed by atoms with E-state index in [9.17, 15) is 9.50 Å². The second-order valence-electron chi connectivity index (χ2n) is 6.71. The van der Waals surface area contributed by atoms with Gasteiger partial charge in [-0.05, 0) is 49.2 Å². The largest absolute Gasteiger partial charge is 0.495 e. The number of hydrogen-bond acceptors (Lipinski definition) is 4. The van der Waals surface area contributed by atoms with Gasteiger partial charge in [0.1, 0.15) is 11.6 Å². The van der Waals surface area contributed by atoms with E-state index < -0.39 is 6.10 Å². The first kappa shape index (κ1) is 18.7. The topological polar surface area (TPSA) is 35.9 Å². The van der Waals surface area contributed by atoms with E-state index in [1.807, 2.05) is 18.2 Å². The van der Waals surface area contributed by atoms with Gasteiger partial charge in [0.2, 0.25) is 0 Å². The van der Waals surface area contributed by atoms with Gasteiger partial charge in [0.05, 0.1) is 18.9 Å². The molecule has 0 saturated carbocycles. The van der Waals surface area contributed by atoms with Gasteiger partial charge in [-0.2, -0.15) is 0 Å². The maximum absolute atomic E-state index is 12.9. The van der Waals surface area contributed by atoms with Crippen molar-refractivity contribution >= 4 is 5.69 Å². The molecule has 1 fully saturated rings. The van der Waals surface area contributed by atoms with Crippen LogP contribution in [0.5, 0.6) is 5.75 Å². The van der Waals surface area contributed by atoms with Gasteiger partial charge >= 0.3 is 0 Å². The van der Waals surface area contributed by atoms with Crippen molar-refractivity contribution in [1.82, 2.24) is 4.90 Å². The molecule has 1 aliphatic rings. The number of halogens is 1. The summed E-state index contributed by atoms with van der Waals surface area (Å²) < 4.78 is 18.4. The third-order valence-corrected chi connectivity index (χ3v) is 5.00. The number of aliphatic hydroxyl groups is 1. The van der Waals surface area contributed by atoms with Gasteiger partial charge in [-0.1, -0.05) is 24.3 Å². The van der Waals surface area contributed by atoms with E-state index in [2.05, 4.69) is 15.9 Å². The van der Waals surface area contributed by atoms with Crippen molar-refractivity contribution in [3.05, 3.63) is 59.9 Å². The molecule has 1 N–H and O–H groups in total. The Labute approximate surface area is 154 Å². The maximum atomic E-state index is 12.9. The molecule has 3 rings (SSSR count). The van der Waals surface area contributed by atoms with E-state index in [-0.39, 0.29) is 5.82 Å². The summed E-state index contributed by atoms with van der Waals surface area (Å²) in [4.78, 5) is 4.80. The van der Waals surface area contributed by atoms with Gasteiger partial charge in [-0.3, -0.25) is 4.90 Å². The van der Waals surface area contributed by atoms with Gasteiger partial charge in [-0.15, -0.1) is 0 Å². The van der Waals surface area contributed by atoms with Crippen molar-refractivity contribution in [2.45, 2.75) is 18.9 Å². The van der Waals surface area contributed by atoms with Gasteiger partial charge in [0.15, 0.2) is 0 Å². The van der Waals surface area contributed by atoms with Crippen molar-refractivity contribution in [2.75, 3.05) is 44.7 Å². The predicted molar refractivity (Wildman–Crippen MR) is 102 cm³/mol. The van der Waals surface area contributed by atoms with E-state index in [0.717, 1.165) is 56.1 Å². The third kappa shape index (κ3) is 4.74. The van der Waals surface area contributed by atoms with Crippen LogP contribution in [0.3, 0.4) is 0 Å². The molecule has 1 heterocycles. The number of piperazine rings is 1. The number of rotatable bonds is 7. The SMILES string of the molecule is COc1ccccc1N1CCN(CCC[C@@H](O)c2ccc(F)cc2)CC1. The number of benzene rings is 2. The molecule has 0 amide bonds. The summed E-state index contributed by atoms with van der Waals surface area (Å²) in [6, 6.07) is 14.3. The summed E-state index contributed by atoms with van der Waals surface area (Å²) in [6.45, 7) is 4.93. The molecule has 0 aromatic heterocycles. The Morgan fingerprint density at radius 1 is 1.04 bits per heavy atom. The van der Waals surface area contributed by atoms with E-state index in [1.165, 1.54) is 12.1 Å². The third-order valence-electron chi connectivity index (χ3n) is 5.00. The summed E-state index contributed by atoms with van der Waals surface area (Å²) >= 11 is 0. The normalized spacial score (nSPS) is 16.5. The molecule has 2 aromatic rings. The number of para-hydroxylation sites is 2. The lowest BCUT2D eigenvalue weighted by atomic mass is 10.0. The number of methoxy groups -OCH3 is 1. The molecule has 1 saturated heterocycles. The van der Waals surface area contributed by atoms with Gasteiger partial charge in [0.25, 0.3) is 0 Å². The molecule has 0 unspecified atom stereocenters. The van der Waals surface area contributed by atoms with Gasteiger partial charge in [-0.25, -0.2) is 4.39 Å². The zero-order valence-corrected chi connectivity index (χ0v) is 15.3. The molecule has 4 nitrogen and oxygen atoms in total. The molecule has 0 radical (unpaired) electrons. The first-order valence-corrected chi connectivity index (χ1v) is 9.21. The first-order valence-electron chi connectivity index (χ1n) is 9.21. The smallest absolute Gasteiger partial charge is 0.142 e. The fourth-order valence-electron chi connectivity index (χ4n) is 3.46. The van der Waals surface area contributed by atoms with Crippen molar-refractivity contribution in [1.29, 1.82) is 0 Å². The summed E-state index contributed by atoms with van der Waals surface area (Å²) in [5.41, 5.74) is 1.94. The van der Waals surface area contributed by atoms with Crippen LogP contribution in [0.25, 0.3) is 0 Å². The molecular formula is C21H27FN2O2. The summed E-state index contributed by atoms with van der Waals surface area (Å²) in [5, 5.41) is 10.2. The lowest BCUT2D eigenvalue weighted by molar-refractivity contribution is 0.154. The molecule has 1 aliphatic heterocycles. The Morgan fingerprint density at radius 3 is 2.42 bits per heavy atom. The van der Waals surface area contributed by atoms with Crippen molar-refractivity contribution in [2.24, 2.45) is 0 Å². The highest BCUT2D eigenvalue weighted by Gasteiger charge is 2.19. The van der Waals surface area contributed by atoms with Crippen LogP contribution in [-0.2, 0) is 0 Å². The fourth-order valence-corrected chi connectivity index (χ4v) is 3.46. The Kier molecular flexibility index (Phi) is 6.47. The van der Waals surface area contributed by atoms with Crippen LogP contribution in [0.2, 0.25) is 0 Å². The van der Waals surface area contributed by atoms with Crippen LogP contribution < -0.4 is 9.64 Å². The lowest BCUT2D eigenvalue weighted by Gasteiger charge is -2.36. The minimum atomic E-state index is -0.523. The molecular weight excluding hydrogens is 331 g/mol. The molecule has 2 aromatic carbocycles. The number of nitrogens with zero attached hydrogens (tertiary/aromatic N) is 2. The molecule has 1 atom stereocenters. The minimum absolute atomic E-state index is 0.270. The second-order valence-corrected chi connectivity index (χ2v) is 6.71. The molecule has 26 heavy (non-hydrogen) atoms. The van der Waals surface area contributed by atoms with Crippen LogP contribution in [0.4, 0.5) is 10.1 Å². The predicted octanol–water partition coefficient (Wildman–Crippen LogP) is 3.47. The van der Waals surface area contributed by atoms with Crippen molar-refractivity contribution < 1.29 is 14.2 Å². The zero-order chi connectivity index (χ0) is 18.4. The number of hydrogen-bond donors (Lipinski definition) is 1. The molecule has 0 bridgehead atoms. The summed E-state index contributed by atoms with van der Waals surface area (Å²) in [5.74, 6) is 0.650. The van der Waals surface area contributed by atoms with Crippen molar-refractivity contribution in [3.8, 4) is 5.75 Å². The first-order chi connectivity index (χ1) is 12.7. The molecule has 0 aliphatic carbocycles. The Balaban J connectivity index is 1.42. The highest BCUT2D eigenvalue weighted by Crippen LogP contribution is 2.28. The maximum Gasteiger partial charge on any atom is 0.142 e. The van der Waals surface area contributed by atoms with E-state index >= 15 is 0 Å². The van der Waals surface area contributed by atoms with Crippen LogP contribution >= 0.6 is 0 Å². The molecule has 0 spiro atoms. The summed E-state index contributed by atoms with van der Waals surface area (Å²) in [7, 11) is 1.71. The lowest BCUT2D eigenvalue weighted by Crippen LogP contribution is -2.46. The van der Waals surface area contributed by atoms with E-state index in [4.69, 9.17) is 4.74 Å². The molecule has 140 valence electrons. The standard InChI is InChI=1S/C21H27FN2O2/c1-26-21-7-3-2-5-19(21)24-15-13-23(14-16-24)12-4-6-20(25)17-8-10-18(22)11-9-17/h2-3,5,7-11,20,25H,4,6,12-16H2,1H3/t20-/m1/s1. The van der Waals surface area contributed by atoms with E-state index in [0.29, 0.717) is 6.42 Å². The quantitative estimate of drug-likeness (QED) is 0.822. The van der Waals surface area contributed by atoms with Crippen LogP contribution in [0.1, 0.15) is 24.5 Å². The number of anilines is 1. The molecule has 5 heteroatoms. The number of aliphatic hydroxyl groups excluding tert-OH is 1. The monoisotopic (exact) mass is 358 g/mol. The van der Waals surface area contributed by atoms with Crippen LogP contribution in [0, 0.1) is 5.82 Å². The van der Waals surface area contributed by atoms with Crippen LogP contribution in [0.15, 0.2) is 48.5 Å². The highest BCUT2D eigenvalue weighted by atomic mass is 19.1. The minimum Gasteiger partial charge on any atom is -0.495 e. The van der Waals surface area contributed by atoms with E-state index in [1.54, 1.807) is 19.2 Å². The number of ether oxygens (including phenoxy) is 1. The average Bonchev–Trinajstić information content (AvgIpc) is 2.69. The van der Waals surface area contributed by atoms with Crippen molar-refractivity contribution in [3.63, 3.8) is 0 Å². The fraction of sp³-hybridized carbons (Fsp3) is 0.429. The Hall–Kier alpha value is -2.11. The Morgan fingerprint density at radius 2 is 1.73 bits per heavy atom. The van der Waals surface area contributed by atoms with Gasteiger partial charge < -0.3 is 14.7 Å². The van der Waals surface area contributed by atoms with Crippen LogP contribution in [-0.4, -0.2) is 49.8 Å². The second kappa shape index (κ2) is 9.01. The highest BCUT2D eigenvalue weighted by molar-refractivity contribution is 5.58. The average molecular weight is 358 g/mol. The van der Waals surface area contributed by atoms with Gasteiger partial charge in [0, 0.05) is 26.2 Å². The Bertz CT molecular complexity index is 685.